The SMILES string of the molecule is Cc1c(/C=C2\SC(=S)N(CCCc3ccccc3)C2=O)c(N2CCSCC2)n(C)c(=O)c1C#N. The lowest BCUT2D eigenvalue weighted by Gasteiger charge is -2.32. The molecule has 0 N–H and O–H groups in total. The van der Waals surface area contributed by atoms with Gasteiger partial charge in [0.15, 0.2) is 0 Å². The van der Waals surface area contributed by atoms with E-state index in [-0.39, 0.29) is 17.0 Å². The van der Waals surface area contributed by atoms with Crippen molar-refractivity contribution in [3.63, 3.8) is 0 Å². The molecule has 9 heteroatoms. The van der Waals surface area contributed by atoms with Gasteiger partial charge >= 0.3 is 0 Å². The predicted molar refractivity (Wildman–Crippen MR) is 145 cm³/mol. The molecule has 0 atom stereocenters. The van der Waals surface area contributed by atoms with Crippen LogP contribution in [0.15, 0.2) is 40.0 Å². The second-order valence-corrected chi connectivity index (χ2v) is 11.1. The molecule has 2 saturated heterocycles. The molecule has 0 saturated carbocycles. The summed E-state index contributed by atoms with van der Waals surface area (Å²) < 4.78 is 2.09. The number of rotatable bonds is 6. The Bertz CT molecular complexity index is 1240. The van der Waals surface area contributed by atoms with Crippen molar-refractivity contribution < 1.29 is 4.79 Å². The Kier molecular flexibility index (Phi) is 7.81. The first-order chi connectivity index (χ1) is 16.4. The molecular weight excluding hydrogens is 485 g/mol. The summed E-state index contributed by atoms with van der Waals surface area (Å²) in [7, 11) is 1.70. The van der Waals surface area contributed by atoms with Gasteiger partial charge in [-0.25, -0.2) is 0 Å². The number of hydrogen-bond donors (Lipinski definition) is 0. The van der Waals surface area contributed by atoms with Crippen LogP contribution in [0.2, 0.25) is 0 Å². The zero-order chi connectivity index (χ0) is 24.2. The summed E-state index contributed by atoms with van der Waals surface area (Å²) in [6.45, 7) is 3.96. The number of nitriles is 1. The molecule has 176 valence electrons. The molecule has 1 aromatic heterocycles. The van der Waals surface area contributed by atoms with Gasteiger partial charge in [0.2, 0.25) is 0 Å². The predicted octanol–water partition coefficient (Wildman–Crippen LogP) is 3.95. The van der Waals surface area contributed by atoms with Crippen molar-refractivity contribution in [2.45, 2.75) is 19.8 Å². The second-order valence-electron chi connectivity index (χ2n) is 8.24. The molecule has 2 aliphatic heterocycles. The molecule has 3 heterocycles. The van der Waals surface area contributed by atoms with Gasteiger partial charge in [-0.1, -0.05) is 54.3 Å². The highest BCUT2D eigenvalue weighted by Crippen LogP contribution is 2.36. The van der Waals surface area contributed by atoms with Gasteiger partial charge in [0, 0.05) is 43.8 Å². The Hall–Kier alpha value is -2.54. The number of pyridine rings is 1. The number of carbonyl (C=O) groups excluding carboxylic acids is 1. The number of aromatic nitrogens is 1. The number of nitrogens with zero attached hydrogens (tertiary/aromatic N) is 4. The average Bonchev–Trinajstić information content (AvgIpc) is 3.11. The number of thiocarbonyl (C=S) groups is 1. The van der Waals surface area contributed by atoms with E-state index in [0.717, 1.165) is 48.8 Å². The first-order valence-electron chi connectivity index (χ1n) is 11.2. The summed E-state index contributed by atoms with van der Waals surface area (Å²) in [5, 5.41) is 9.64. The van der Waals surface area contributed by atoms with Gasteiger partial charge in [-0.15, -0.1) is 0 Å². The number of aryl methyl sites for hydroxylation is 1. The van der Waals surface area contributed by atoms with Crippen LogP contribution in [0, 0.1) is 18.3 Å². The molecule has 1 aromatic carbocycles. The first kappa shape index (κ1) is 24.6. The summed E-state index contributed by atoms with van der Waals surface area (Å²) >= 11 is 8.70. The number of thioether (sulfide) groups is 2. The summed E-state index contributed by atoms with van der Waals surface area (Å²) in [4.78, 5) is 30.5. The van der Waals surface area contributed by atoms with Crippen LogP contribution in [0.1, 0.15) is 28.7 Å². The van der Waals surface area contributed by atoms with Crippen molar-refractivity contribution in [1.82, 2.24) is 9.47 Å². The quantitative estimate of drug-likeness (QED) is 0.430. The van der Waals surface area contributed by atoms with E-state index < -0.39 is 0 Å². The zero-order valence-electron chi connectivity index (χ0n) is 19.2. The lowest BCUT2D eigenvalue weighted by molar-refractivity contribution is -0.122. The van der Waals surface area contributed by atoms with Crippen LogP contribution in [0.3, 0.4) is 0 Å². The zero-order valence-corrected chi connectivity index (χ0v) is 21.7. The van der Waals surface area contributed by atoms with Crippen molar-refractivity contribution in [2.24, 2.45) is 7.05 Å². The van der Waals surface area contributed by atoms with Gasteiger partial charge in [-0.05, 0) is 37.0 Å². The van der Waals surface area contributed by atoms with Crippen molar-refractivity contribution in [1.29, 1.82) is 5.26 Å². The Morgan fingerprint density at radius 2 is 1.88 bits per heavy atom. The lowest BCUT2D eigenvalue weighted by atomic mass is 10.0. The summed E-state index contributed by atoms with van der Waals surface area (Å²) in [5.74, 6) is 2.58. The van der Waals surface area contributed by atoms with E-state index in [1.807, 2.05) is 36.0 Å². The number of carbonyl (C=O) groups is 1. The molecule has 34 heavy (non-hydrogen) atoms. The van der Waals surface area contributed by atoms with Crippen molar-refractivity contribution in [2.75, 3.05) is 36.0 Å². The molecule has 2 fully saturated rings. The molecule has 0 radical (unpaired) electrons. The minimum atomic E-state index is -0.307. The van der Waals surface area contributed by atoms with Crippen LogP contribution < -0.4 is 10.5 Å². The summed E-state index contributed by atoms with van der Waals surface area (Å²) in [6, 6.07) is 12.2. The van der Waals surface area contributed by atoms with Crippen LogP contribution in [-0.4, -0.2) is 50.8 Å². The van der Waals surface area contributed by atoms with Crippen LogP contribution in [0.25, 0.3) is 6.08 Å². The normalized spacial score (nSPS) is 17.5. The minimum absolute atomic E-state index is 0.113. The van der Waals surface area contributed by atoms with Crippen molar-refractivity contribution in [3.8, 4) is 6.07 Å². The Morgan fingerprint density at radius 3 is 2.56 bits per heavy atom. The van der Waals surface area contributed by atoms with Crippen molar-refractivity contribution in [3.05, 3.63) is 67.8 Å². The molecule has 0 unspecified atom stereocenters. The summed E-state index contributed by atoms with van der Waals surface area (Å²) in [5.41, 5.74) is 2.39. The van der Waals surface area contributed by atoms with Gasteiger partial charge in [-0.2, -0.15) is 17.0 Å². The Labute approximate surface area is 213 Å². The maximum absolute atomic E-state index is 13.3. The highest BCUT2D eigenvalue weighted by molar-refractivity contribution is 8.26. The molecular formula is C25H26N4O2S3. The third-order valence-electron chi connectivity index (χ3n) is 6.12. The molecule has 1 amide bonds. The molecule has 0 aliphatic carbocycles. The van der Waals surface area contributed by atoms with Gasteiger partial charge < -0.3 is 4.90 Å². The topological polar surface area (TPSA) is 69.3 Å². The van der Waals surface area contributed by atoms with E-state index in [0.29, 0.717) is 21.3 Å². The number of anilines is 1. The molecule has 6 nitrogen and oxygen atoms in total. The number of benzene rings is 1. The fourth-order valence-electron chi connectivity index (χ4n) is 4.28. The van der Waals surface area contributed by atoms with Gasteiger partial charge in [0.1, 0.15) is 21.8 Å². The highest BCUT2D eigenvalue weighted by Gasteiger charge is 2.33. The monoisotopic (exact) mass is 510 g/mol. The molecule has 2 aliphatic rings. The number of hydrogen-bond acceptors (Lipinski definition) is 7. The molecule has 0 spiro atoms. The van der Waals surface area contributed by atoms with Gasteiger partial charge in [0.25, 0.3) is 11.5 Å². The highest BCUT2D eigenvalue weighted by atomic mass is 32.2. The van der Waals surface area contributed by atoms with E-state index in [1.54, 1.807) is 23.4 Å². The van der Waals surface area contributed by atoms with Crippen LogP contribution in [0.4, 0.5) is 5.82 Å². The van der Waals surface area contributed by atoms with Crippen LogP contribution >= 0.6 is 35.7 Å². The van der Waals surface area contributed by atoms with Crippen LogP contribution in [0.5, 0.6) is 0 Å². The van der Waals surface area contributed by atoms with E-state index >= 15 is 0 Å². The van der Waals surface area contributed by atoms with Gasteiger partial charge in [0.05, 0.1) is 4.91 Å². The van der Waals surface area contributed by atoms with E-state index in [2.05, 4.69) is 23.1 Å². The molecule has 0 bridgehead atoms. The third kappa shape index (κ3) is 4.95. The maximum atomic E-state index is 13.3. The maximum Gasteiger partial charge on any atom is 0.270 e. The smallest absolute Gasteiger partial charge is 0.270 e. The van der Waals surface area contributed by atoms with E-state index in [1.165, 1.54) is 17.3 Å². The fraction of sp³-hybridized carbons (Fsp3) is 0.360. The van der Waals surface area contributed by atoms with Crippen molar-refractivity contribution >= 4 is 57.9 Å². The summed E-state index contributed by atoms with van der Waals surface area (Å²) in [6.07, 6.45) is 3.51. The standard InChI is InChI=1S/C25H26N4O2S3/c1-17-19(22(28-11-13-33-14-12-28)27(2)23(30)20(17)16-26)15-21-24(31)29(25(32)34-21)10-6-9-18-7-4-3-5-8-18/h3-5,7-8,15H,6,9-14H2,1-2H3/b21-15-. The largest absolute Gasteiger partial charge is 0.356 e. The second kappa shape index (κ2) is 10.8. The number of amides is 1. The Balaban J connectivity index is 1.64. The van der Waals surface area contributed by atoms with E-state index in [4.69, 9.17) is 12.2 Å². The minimum Gasteiger partial charge on any atom is -0.356 e. The Morgan fingerprint density at radius 1 is 1.18 bits per heavy atom. The van der Waals surface area contributed by atoms with E-state index in [9.17, 15) is 14.9 Å². The van der Waals surface area contributed by atoms with Crippen LogP contribution in [-0.2, 0) is 18.3 Å². The van der Waals surface area contributed by atoms with Gasteiger partial charge in [-0.3, -0.25) is 19.1 Å². The molecule has 4 rings (SSSR count). The third-order valence-corrected chi connectivity index (χ3v) is 8.44. The fourth-order valence-corrected chi connectivity index (χ4v) is 6.47. The first-order valence-corrected chi connectivity index (χ1v) is 13.6. The molecule has 2 aromatic rings. The average molecular weight is 511 g/mol. The lowest BCUT2D eigenvalue weighted by Crippen LogP contribution is -2.38.